The Morgan fingerprint density at radius 2 is 0.821 bits per heavy atom. The third-order valence-electron chi connectivity index (χ3n) is 13.8. The van der Waals surface area contributed by atoms with Crippen molar-refractivity contribution in [2.24, 2.45) is 0 Å². The highest BCUT2D eigenvalue weighted by atomic mass is 31.2. The highest BCUT2D eigenvalue weighted by Gasteiger charge is 2.30. The van der Waals surface area contributed by atoms with Crippen LogP contribution in [0.1, 0.15) is 271 Å². The second-order valence-corrected chi connectivity index (χ2v) is 24.0. The first kappa shape index (κ1) is 74.9. The van der Waals surface area contributed by atoms with Crippen LogP contribution in [-0.2, 0) is 27.9 Å². The van der Waals surface area contributed by atoms with E-state index < -0.39 is 20.0 Å². The molecule has 450 valence electrons. The van der Waals surface area contributed by atoms with Gasteiger partial charge >= 0.3 is 13.8 Å². The summed E-state index contributed by atoms with van der Waals surface area (Å²) in [4.78, 5) is 37.7. The molecule has 9 nitrogen and oxygen atoms in total. The number of quaternary nitrogens is 1. The van der Waals surface area contributed by atoms with Crippen molar-refractivity contribution in [1.82, 2.24) is 5.32 Å². The van der Waals surface area contributed by atoms with Gasteiger partial charge in [0.25, 0.3) is 0 Å². The lowest BCUT2D eigenvalue weighted by molar-refractivity contribution is -0.870. The lowest BCUT2D eigenvalue weighted by atomic mass is 10.0. The van der Waals surface area contributed by atoms with Crippen molar-refractivity contribution in [1.29, 1.82) is 0 Å². The number of amides is 1. The van der Waals surface area contributed by atoms with Gasteiger partial charge in [0.15, 0.2) is 0 Å². The van der Waals surface area contributed by atoms with Crippen LogP contribution in [0, 0.1) is 0 Å². The molecule has 0 aliphatic rings. The van der Waals surface area contributed by atoms with Gasteiger partial charge in [-0.3, -0.25) is 18.6 Å². The van der Waals surface area contributed by atoms with Gasteiger partial charge in [0.1, 0.15) is 19.3 Å². The standard InChI is InChI=1S/C68H121N2O7P/c1-7-10-13-16-19-22-25-27-29-30-31-32-33-34-35-36-37-38-39-40-41-43-46-49-52-55-58-61-68(72)77-66(59-56-53-50-47-44-24-21-18-15-12-9-3)65(64-76-78(73,74)75-63-62-70(4,5)6)69-67(71)60-57-54-51-48-45-42-28-26-23-20-17-14-11-8-2/h10-11,13-14,19-20,22-23,27,29,31-32,34-35,56,59,65-66H,7-9,12,15-18,21,24-26,28,30,33,36-55,57-58,60-64H2,1-6H3,(H-,69,71,73,74)/p+1/b13-10-,14-11+,22-19-,23-20+,29-27-,32-31-,35-34-,59-56-. The fourth-order valence-electron chi connectivity index (χ4n) is 8.89. The molecule has 0 heterocycles. The number of allylic oxidation sites excluding steroid dienone is 15. The second kappa shape index (κ2) is 57.2. The van der Waals surface area contributed by atoms with Gasteiger partial charge in [0.2, 0.25) is 5.91 Å². The molecule has 0 aromatic heterocycles. The van der Waals surface area contributed by atoms with Gasteiger partial charge in [-0.1, -0.05) is 253 Å². The van der Waals surface area contributed by atoms with Crippen LogP contribution in [0.4, 0.5) is 0 Å². The van der Waals surface area contributed by atoms with Gasteiger partial charge in [-0.05, 0) is 102 Å². The zero-order valence-electron chi connectivity index (χ0n) is 51.4. The smallest absolute Gasteiger partial charge is 0.456 e. The number of likely N-dealkylation sites (N-methyl/N-ethyl adjacent to an activating group) is 1. The first-order valence-corrected chi connectivity index (χ1v) is 33.6. The minimum atomic E-state index is -4.45. The Morgan fingerprint density at radius 1 is 0.462 bits per heavy atom. The molecule has 0 saturated heterocycles. The van der Waals surface area contributed by atoms with Gasteiger partial charge in [-0.15, -0.1) is 0 Å². The Morgan fingerprint density at radius 3 is 1.23 bits per heavy atom. The maximum Gasteiger partial charge on any atom is 0.472 e. The Bertz CT molecular complexity index is 1660. The maximum atomic E-state index is 13.5. The van der Waals surface area contributed by atoms with Crippen LogP contribution in [0.15, 0.2) is 97.2 Å². The maximum absolute atomic E-state index is 13.5. The lowest BCUT2D eigenvalue weighted by Gasteiger charge is -2.27. The van der Waals surface area contributed by atoms with E-state index in [1.54, 1.807) is 0 Å². The predicted molar refractivity (Wildman–Crippen MR) is 337 cm³/mol. The van der Waals surface area contributed by atoms with E-state index in [1.807, 2.05) is 33.3 Å². The highest BCUT2D eigenvalue weighted by Crippen LogP contribution is 2.43. The molecule has 78 heavy (non-hydrogen) atoms. The molecule has 3 atom stereocenters. The second-order valence-electron chi connectivity index (χ2n) is 22.5. The van der Waals surface area contributed by atoms with Crippen LogP contribution in [0.3, 0.4) is 0 Å². The summed E-state index contributed by atoms with van der Waals surface area (Å²) in [6.45, 7) is 6.78. The summed E-state index contributed by atoms with van der Waals surface area (Å²) in [5, 5.41) is 3.05. The molecule has 0 aliphatic heterocycles. The summed E-state index contributed by atoms with van der Waals surface area (Å²) in [7, 11) is 1.48. The van der Waals surface area contributed by atoms with E-state index in [0.717, 1.165) is 116 Å². The molecule has 0 fully saturated rings. The van der Waals surface area contributed by atoms with E-state index in [-0.39, 0.29) is 31.5 Å². The molecule has 3 unspecified atom stereocenters. The lowest BCUT2D eigenvalue weighted by Crippen LogP contribution is -2.47. The number of nitrogens with zero attached hydrogens (tertiary/aromatic N) is 1. The molecule has 0 spiro atoms. The number of phosphoric acid groups is 1. The Kier molecular flexibility index (Phi) is 54.9. The van der Waals surface area contributed by atoms with E-state index in [9.17, 15) is 19.0 Å². The number of unbranched alkanes of at least 4 members (excludes halogenated alkanes) is 27. The molecule has 0 aromatic rings. The van der Waals surface area contributed by atoms with E-state index in [0.29, 0.717) is 17.4 Å². The number of ether oxygens (including phenoxy) is 1. The quantitative estimate of drug-likeness (QED) is 0.0205. The zero-order valence-corrected chi connectivity index (χ0v) is 52.3. The van der Waals surface area contributed by atoms with Gasteiger partial charge in [0, 0.05) is 12.8 Å². The summed E-state index contributed by atoms with van der Waals surface area (Å²) in [5.74, 6) is -0.520. The van der Waals surface area contributed by atoms with Crippen LogP contribution >= 0.6 is 7.82 Å². The van der Waals surface area contributed by atoms with Crippen LogP contribution in [0.25, 0.3) is 0 Å². The monoisotopic (exact) mass is 1110 g/mol. The molecule has 0 bridgehead atoms. The summed E-state index contributed by atoms with van der Waals surface area (Å²) in [5.41, 5.74) is 0. The normalized spacial score (nSPS) is 14.3. The van der Waals surface area contributed by atoms with E-state index in [1.165, 1.54) is 122 Å². The molecule has 0 rings (SSSR count). The molecule has 10 heteroatoms. The Hall–Kier alpha value is -3.07. The van der Waals surface area contributed by atoms with Crippen molar-refractivity contribution in [3.05, 3.63) is 97.2 Å². The number of rotatable bonds is 57. The minimum Gasteiger partial charge on any atom is -0.456 e. The van der Waals surface area contributed by atoms with Crippen LogP contribution in [-0.4, -0.2) is 74.3 Å². The Balaban J connectivity index is 5.06. The van der Waals surface area contributed by atoms with Crippen LogP contribution < -0.4 is 5.32 Å². The van der Waals surface area contributed by atoms with Crippen molar-refractivity contribution in [2.75, 3.05) is 40.9 Å². The minimum absolute atomic E-state index is 0.0345. The molecule has 1 amide bonds. The van der Waals surface area contributed by atoms with Crippen molar-refractivity contribution in [3.8, 4) is 0 Å². The third-order valence-corrected chi connectivity index (χ3v) is 14.8. The van der Waals surface area contributed by atoms with E-state index in [4.69, 9.17) is 13.8 Å². The predicted octanol–water partition coefficient (Wildman–Crippen LogP) is 19.9. The van der Waals surface area contributed by atoms with E-state index in [2.05, 4.69) is 111 Å². The molecule has 2 N–H and O–H groups in total. The first-order chi connectivity index (χ1) is 37.9. The third kappa shape index (κ3) is 57.6. The molecular formula is C68H122N2O7P+. The number of carbonyl (C=O) groups excluding carboxylic acids is 2. The van der Waals surface area contributed by atoms with Gasteiger partial charge in [-0.2, -0.15) is 0 Å². The first-order valence-electron chi connectivity index (χ1n) is 32.1. The number of hydrogen-bond donors (Lipinski definition) is 2. The van der Waals surface area contributed by atoms with Crippen molar-refractivity contribution < 1.29 is 37.3 Å². The molecule has 0 aliphatic carbocycles. The largest absolute Gasteiger partial charge is 0.472 e. The van der Waals surface area contributed by atoms with Gasteiger partial charge in [0.05, 0.1) is 33.8 Å². The molecule has 0 saturated carbocycles. The number of esters is 1. The summed E-state index contributed by atoms with van der Waals surface area (Å²) in [6.07, 6.45) is 77.0. The van der Waals surface area contributed by atoms with Gasteiger partial charge in [-0.25, -0.2) is 4.57 Å². The number of nitrogens with one attached hydrogen (secondary N) is 1. The summed E-state index contributed by atoms with van der Waals surface area (Å²) in [6, 6.07) is -0.857. The number of hydrogen-bond acceptors (Lipinski definition) is 6. The summed E-state index contributed by atoms with van der Waals surface area (Å²) < 4.78 is 30.7. The number of carbonyl (C=O) groups is 2. The van der Waals surface area contributed by atoms with E-state index >= 15 is 0 Å². The molecule has 0 radical (unpaired) electrons. The number of phosphoric ester groups is 1. The van der Waals surface area contributed by atoms with Crippen molar-refractivity contribution in [3.63, 3.8) is 0 Å². The Labute approximate surface area is 481 Å². The summed E-state index contributed by atoms with van der Waals surface area (Å²) >= 11 is 0. The van der Waals surface area contributed by atoms with Crippen LogP contribution in [0.5, 0.6) is 0 Å². The fourth-order valence-corrected chi connectivity index (χ4v) is 9.62. The SMILES string of the molecule is CC/C=C\C/C=C\C/C=C\C/C=C\C/C=C\CCCCCCCCCCCCCC(=O)OC(/C=C\CCCCCCCCCCC)C(COP(=O)(O)OCC[N+](C)(C)C)NC(=O)CCCCCCCCC/C=C/C/C=C/CC. The van der Waals surface area contributed by atoms with Crippen molar-refractivity contribution >= 4 is 19.7 Å². The molecule has 0 aromatic carbocycles. The topological polar surface area (TPSA) is 111 Å². The average molecular weight is 1110 g/mol. The highest BCUT2D eigenvalue weighted by molar-refractivity contribution is 7.47. The van der Waals surface area contributed by atoms with Crippen LogP contribution in [0.2, 0.25) is 0 Å². The fraction of sp³-hybridized carbons (Fsp3) is 0.735. The molecular weight excluding hydrogens is 988 g/mol. The zero-order chi connectivity index (χ0) is 57.2. The average Bonchev–Trinajstić information content (AvgIpc) is 3.40. The van der Waals surface area contributed by atoms with Gasteiger partial charge < -0.3 is 19.4 Å². The van der Waals surface area contributed by atoms with Crippen molar-refractivity contribution in [2.45, 2.75) is 283 Å².